The minimum atomic E-state index is -1.04. The summed E-state index contributed by atoms with van der Waals surface area (Å²) < 4.78 is 15.5. The van der Waals surface area contributed by atoms with E-state index in [-0.39, 0.29) is 12.0 Å². The number of hydrogen-bond acceptors (Lipinski definition) is 5. The third-order valence-corrected chi connectivity index (χ3v) is 7.46. The highest BCUT2D eigenvalue weighted by molar-refractivity contribution is 7.21. The Hall–Kier alpha value is -3.91. The van der Waals surface area contributed by atoms with E-state index < -0.39 is 35.1 Å². The van der Waals surface area contributed by atoms with E-state index in [0.29, 0.717) is 5.69 Å². The van der Waals surface area contributed by atoms with E-state index in [1.54, 1.807) is 50.3 Å². The number of halogens is 1. The number of aromatic nitrogens is 1. The molecule has 0 radical (unpaired) electrons. The summed E-state index contributed by atoms with van der Waals surface area (Å²) in [6.45, 7) is 7.33. The van der Waals surface area contributed by atoms with Crippen LogP contribution in [0, 0.1) is 12.7 Å². The molecule has 5 rings (SSSR count). The van der Waals surface area contributed by atoms with Crippen molar-refractivity contribution in [1.29, 1.82) is 0 Å². The molecular weight excluding hydrogens is 489 g/mol. The molecule has 0 bridgehead atoms. The second kappa shape index (κ2) is 9.19. The van der Waals surface area contributed by atoms with Crippen molar-refractivity contribution in [3.63, 3.8) is 0 Å². The van der Waals surface area contributed by atoms with Gasteiger partial charge in [-0.3, -0.25) is 14.4 Å². The number of nitrogens with zero attached hydrogens (tertiary/aromatic N) is 3. The Morgan fingerprint density at radius 1 is 1.05 bits per heavy atom. The van der Waals surface area contributed by atoms with Crippen LogP contribution in [0.5, 0.6) is 0 Å². The van der Waals surface area contributed by atoms with Crippen LogP contribution in [0.25, 0.3) is 20.8 Å². The highest BCUT2D eigenvalue weighted by Crippen LogP contribution is 2.34. The average molecular weight is 516 g/mol. The van der Waals surface area contributed by atoms with E-state index >= 15 is 0 Å². The van der Waals surface area contributed by atoms with Crippen LogP contribution >= 0.6 is 11.3 Å². The first kappa shape index (κ1) is 24.8. The van der Waals surface area contributed by atoms with Gasteiger partial charge in [-0.05, 0) is 81.8 Å². The standard InChI is InChI=1S/C29H26FN3O3S/c1-17-9-14-22-24(15-17)37-26(31-22)18-10-12-19(13-11-18)32-25(34)16-23(28(32)36)33(29(2,3)4)27(35)20-7-5-6-8-21(20)30/h5-15,23H,16H2,1-4H3. The van der Waals surface area contributed by atoms with Crippen LogP contribution in [0.2, 0.25) is 0 Å². The Bertz CT molecular complexity index is 1540. The van der Waals surface area contributed by atoms with Crippen molar-refractivity contribution in [2.45, 2.75) is 45.7 Å². The maximum absolute atomic E-state index is 14.4. The Morgan fingerprint density at radius 2 is 1.76 bits per heavy atom. The predicted octanol–water partition coefficient (Wildman–Crippen LogP) is 5.98. The normalized spacial score (nSPS) is 16.0. The van der Waals surface area contributed by atoms with Crippen LogP contribution in [-0.2, 0) is 9.59 Å². The molecule has 0 N–H and O–H groups in total. The zero-order valence-corrected chi connectivity index (χ0v) is 21.8. The lowest BCUT2D eigenvalue weighted by molar-refractivity contribution is -0.123. The third kappa shape index (κ3) is 4.53. The molecule has 0 saturated carbocycles. The van der Waals surface area contributed by atoms with Crippen molar-refractivity contribution in [2.75, 3.05) is 4.90 Å². The van der Waals surface area contributed by atoms with E-state index in [1.807, 2.05) is 31.2 Å². The lowest BCUT2D eigenvalue weighted by Crippen LogP contribution is -2.54. The van der Waals surface area contributed by atoms with Gasteiger partial charge in [0.2, 0.25) is 5.91 Å². The van der Waals surface area contributed by atoms with Gasteiger partial charge >= 0.3 is 0 Å². The first-order valence-corrected chi connectivity index (χ1v) is 12.8. The van der Waals surface area contributed by atoms with Crippen molar-refractivity contribution in [3.8, 4) is 10.6 Å². The Balaban J connectivity index is 1.43. The van der Waals surface area contributed by atoms with Gasteiger partial charge in [-0.2, -0.15) is 0 Å². The summed E-state index contributed by atoms with van der Waals surface area (Å²) in [5, 5.41) is 0.846. The first-order chi connectivity index (χ1) is 17.5. The number of rotatable bonds is 4. The van der Waals surface area contributed by atoms with Crippen molar-refractivity contribution in [3.05, 3.63) is 83.7 Å². The van der Waals surface area contributed by atoms with Gasteiger partial charge in [0.1, 0.15) is 16.9 Å². The highest BCUT2D eigenvalue weighted by Gasteiger charge is 2.48. The zero-order chi connectivity index (χ0) is 26.5. The van der Waals surface area contributed by atoms with Gasteiger partial charge in [-0.15, -0.1) is 11.3 Å². The quantitative estimate of drug-likeness (QED) is 0.313. The van der Waals surface area contributed by atoms with Crippen LogP contribution in [0.4, 0.5) is 10.1 Å². The number of aryl methyl sites for hydroxylation is 1. The van der Waals surface area contributed by atoms with Crippen LogP contribution < -0.4 is 4.90 Å². The third-order valence-electron chi connectivity index (χ3n) is 6.40. The molecule has 1 atom stereocenters. The molecule has 3 amide bonds. The van der Waals surface area contributed by atoms with Crippen LogP contribution in [0.3, 0.4) is 0 Å². The molecule has 8 heteroatoms. The molecule has 6 nitrogen and oxygen atoms in total. The summed E-state index contributed by atoms with van der Waals surface area (Å²) in [7, 11) is 0. The molecule has 1 aromatic heterocycles. The molecular formula is C29H26FN3O3S. The molecule has 0 aliphatic carbocycles. The van der Waals surface area contributed by atoms with Gasteiger partial charge in [0.15, 0.2) is 0 Å². The molecule has 3 aromatic carbocycles. The van der Waals surface area contributed by atoms with Crippen molar-refractivity contribution >= 4 is 45.0 Å². The molecule has 1 fully saturated rings. The van der Waals surface area contributed by atoms with Gasteiger partial charge in [0, 0.05) is 11.1 Å². The number of anilines is 1. The summed E-state index contributed by atoms with van der Waals surface area (Å²) in [5.41, 5.74) is 2.42. The van der Waals surface area contributed by atoms with E-state index in [4.69, 9.17) is 4.98 Å². The highest BCUT2D eigenvalue weighted by atomic mass is 32.1. The van der Waals surface area contributed by atoms with Crippen molar-refractivity contribution < 1.29 is 18.8 Å². The Kier molecular flexibility index (Phi) is 6.15. The number of imide groups is 1. The van der Waals surface area contributed by atoms with Gasteiger partial charge in [-0.25, -0.2) is 14.3 Å². The van der Waals surface area contributed by atoms with Gasteiger partial charge in [0.05, 0.1) is 27.9 Å². The molecule has 2 heterocycles. The summed E-state index contributed by atoms with van der Waals surface area (Å²) in [5.74, 6) is -2.21. The second-order valence-electron chi connectivity index (χ2n) is 10.2. The number of carbonyl (C=O) groups excluding carboxylic acids is 3. The van der Waals surface area contributed by atoms with Crippen molar-refractivity contribution in [2.24, 2.45) is 0 Å². The maximum Gasteiger partial charge on any atom is 0.257 e. The summed E-state index contributed by atoms with van der Waals surface area (Å²) in [6.07, 6.45) is -0.171. The van der Waals surface area contributed by atoms with Crippen LogP contribution in [0.1, 0.15) is 43.1 Å². The second-order valence-corrected chi connectivity index (χ2v) is 11.2. The number of fused-ring (bicyclic) bond motifs is 1. The average Bonchev–Trinajstić information content (AvgIpc) is 3.38. The lowest BCUT2D eigenvalue weighted by atomic mass is 9.99. The molecule has 4 aromatic rings. The fourth-order valence-corrected chi connectivity index (χ4v) is 5.74. The minimum absolute atomic E-state index is 0.133. The van der Waals surface area contributed by atoms with E-state index in [2.05, 4.69) is 6.07 Å². The molecule has 188 valence electrons. The fourth-order valence-electron chi connectivity index (χ4n) is 4.68. The molecule has 1 unspecified atom stereocenters. The molecule has 1 aliphatic rings. The topological polar surface area (TPSA) is 70.6 Å². The maximum atomic E-state index is 14.4. The molecule has 1 saturated heterocycles. The number of hydrogen-bond donors (Lipinski definition) is 0. The monoisotopic (exact) mass is 515 g/mol. The molecule has 0 spiro atoms. The van der Waals surface area contributed by atoms with Crippen molar-refractivity contribution in [1.82, 2.24) is 9.88 Å². The zero-order valence-electron chi connectivity index (χ0n) is 21.0. The molecule has 37 heavy (non-hydrogen) atoms. The fraction of sp³-hybridized carbons (Fsp3) is 0.241. The summed E-state index contributed by atoms with van der Waals surface area (Å²) in [6, 6.07) is 17.8. The van der Waals surface area contributed by atoms with Gasteiger partial charge in [-0.1, -0.05) is 18.2 Å². The largest absolute Gasteiger partial charge is 0.321 e. The van der Waals surface area contributed by atoms with E-state index in [9.17, 15) is 18.8 Å². The summed E-state index contributed by atoms with van der Waals surface area (Å²) >= 11 is 1.58. The number of amides is 3. The minimum Gasteiger partial charge on any atom is -0.321 e. The SMILES string of the molecule is Cc1ccc2nc(-c3ccc(N4C(=O)CC(N(C(=O)c5ccccc5F)C(C)(C)C)C4=O)cc3)sc2c1. The number of thiazole rings is 1. The van der Waals surface area contributed by atoms with Crippen LogP contribution in [-0.4, -0.2) is 39.2 Å². The number of carbonyl (C=O) groups is 3. The molecule has 1 aliphatic heterocycles. The Labute approximate surface area is 218 Å². The predicted molar refractivity (Wildman–Crippen MR) is 143 cm³/mol. The lowest BCUT2D eigenvalue weighted by Gasteiger charge is -2.39. The van der Waals surface area contributed by atoms with Gasteiger partial charge < -0.3 is 4.90 Å². The smallest absolute Gasteiger partial charge is 0.257 e. The number of benzene rings is 3. The van der Waals surface area contributed by atoms with Crippen LogP contribution in [0.15, 0.2) is 66.7 Å². The Morgan fingerprint density at radius 3 is 2.43 bits per heavy atom. The van der Waals surface area contributed by atoms with E-state index in [0.717, 1.165) is 31.3 Å². The van der Waals surface area contributed by atoms with E-state index in [1.165, 1.54) is 23.1 Å². The summed E-state index contributed by atoms with van der Waals surface area (Å²) in [4.78, 5) is 47.1. The van der Waals surface area contributed by atoms with Gasteiger partial charge in [0.25, 0.3) is 11.8 Å². The first-order valence-electron chi connectivity index (χ1n) is 12.0.